The van der Waals surface area contributed by atoms with E-state index in [2.05, 4.69) is 6.92 Å². The predicted molar refractivity (Wildman–Crippen MR) is 82.0 cm³/mol. The molecule has 118 valence electrons. The second kappa shape index (κ2) is 13.1. The molecule has 0 aliphatic rings. The maximum absolute atomic E-state index is 11.6. The second-order valence-corrected chi connectivity index (χ2v) is 5.68. The highest BCUT2D eigenvalue weighted by atomic mass is 16.4. The minimum atomic E-state index is -0.886. The van der Waals surface area contributed by atoms with Crippen LogP contribution in [0.2, 0.25) is 0 Å². The number of unbranched alkanes of at least 4 members (excludes halogenated alkanes) is 8. The van der Waals surface area contributed by atoms with Gasteiger partial charge in [-0.1, -0.05) is 58.3 Å². The molecule has 0 spiro atoms. The third-order valence-electron chi connectivity index (χ3n) is 3.41. The van der Waals surface area contributed by atoms with E-state index >= 15 is 0 Å². The molecule has 0 fully saturated rings. The lowest BCUT2D eigenvalue weighted by atomic mass is 10.1. The Labute approximate surface area is 123 Å². The zero-order valence-corrected chi connectivity index (χ0v) is 13.2. The fraction of sp³-hybridized carbons (Fsp3) is 0.875. The van der Waals surface area contributed by atoms with Crippen LogP contribution in [0, 0.1) is 0 Å². The Morgan fingerprint density at radius 1 is 0.850 bits per heavy atom. The highest BCUT2D eigenvalue weighted by molar-refractivity contribution is 5.81. The van der Waals surface area contributed by atoms with E-state index in [1.54, 1.807) is 11.9 Å². The van der Waals surface area contributed by atoms with Gasteiger partial charge in [0.05, 0.1) is 13.1 Å². The van der Waals surface area contributed by atoms with Gasteiger partial charge >= 0.3 is 5.97 Å². The maximum Gasteiger partial charge on any atom is 0.317 e. The highest BCUT2D eigenvalue weighted by Crippen LogP contribution is 2.10. The number of hydrogen-bond donors (Lipinski definition) is 1. The van der Waals surface area contributed by atoms with Gasteiger partial charge in [-0.05, 0) is 13.5 Å². The number of ketones is 1. The summed E-state index contributed by atoms with van der Waals surface area (Å²) in [7, 11) is 1.67. The van der Waals surface area contributed by atoms with Crippen LogP contribution in [-0.4, -0.2) is 41.9 Å². The largest absolute Gasteiger partial charge is 0.480 e. The summed E-state index contributed by atoms with van der Waals surface area (Å²) in [6, 6.07) is 0. The number of carboxylic acids is 1. The minimum absolute atomic E-state index is 0.0660. The fourth-order valence-corrected chi connectivity index (χ4v) is 2.30. The van der Waals surface area contributed by atoms with E-state index < -0.39 is 5.97 Å². The summed E-state index contributed by atoms with van der Waals surface area (Å²) in [6.07, 6.45) is 11.8. The second-order valence-electron chi connectivity index (χ2n) is 5.68. The molecule has 0 aromatic carbocycles. The van der Waals surface area contributed by atoms with Crippen LogP contribution in [-0.2, 0) is 9.59 Å². The minimum Gasteiger partial charge on any atom is -0.480 e. The number of aliphatic carboxylic acids is 1. The zero-order valence-electron chi connectivity index (χ0n) is 13.2. The summed E-state index contributed by atoms with van der Waals surface area (Å²) in [5, 5.41) is 8.59. The van der Waals surface area contributed by atoms with E-state index in [0.29, 0.717) is 6.42 Å². The number of hydrogen-bond acceptors (Lipinski definition) is 3. The molecular weight excluding hydrogens is 254 g/mol. The van der Waals surface area contributed by atoms with Crippen molar-refractivity contribution in [3.05, 3.63) is 0 Å². The molecule has 4 heteroatoms. The molecule has 1 N–H and O–H groups in total. The Morgan fingerprint density at radius 3 is 1.85 bits per heavy atom. The van der Waals surface area contributed by atoms with Crippen molar-refractivity contribution in [2.24, 2.45) is 0 Å². The van der Waals surface area contributed by atoms with Crippen molar-refractivity contribution < 1.29 is 14.7 Å². The summed E-state index contributed by atoms with van der Waals surface area (Å²) in [5.41, 5.74) is 0. The molecule has 0 aromatic heterocycles. The van der Waals surface area contributed by atoms with E-state index in [4.69, 9.17) is 5.11 Å². The monoisotopic (exact) mass is 285 g/mol. The van der Waals surface area contributed by atoms with Gasteiger partial charge in [0.15, 0.2) is 0 Å². The molecular formula is C16H31NO3. The molecule has 0 radical (unpaired) electrons. The van der Waals surface area contributed by atoms with E-state index in [-0.39, 0.29) is 18.9 Å². The predicted octanol–water partition coefficient (Wildman–Crippen LogP) is 3.49. The van der Waals surface area contributed by atoms with Gasteiger partial charge in [0.1, 0.15) is 5.78 Å². The Morgan fingerprint density at radius 2 is 1.35 bits per heavy atom. The number of likely N-dealkylation sites (N-methyl/N-ethyl adjacent to an activating group) is 1. The first-order chi connectivity index (χ1) is 9.56. The summed E-state index contributed by atoms with van der Waals surface area (Å²) in [4.78, 5) is 23.6. The van der Waals surface area contributed by atoms with Gasteiger partial charge in [-0.25, -0.2) is 0 Å². The van der Waals surface area contributed by atoms with Crippen molar-refractivity contribution in [3.63, 3.8) is 0 Å². The van der Waals surface area contributed by atoms with E-state index in [1.807, 2.05) is 0 Å². The summed E-state index contributed by atoms with van der Waals surface area (Å²) in [6.45, 7) is 2.41. The third kappa shape index (κ3) is 13.5. The van der Waals surface area contributed by atoms with Gasteiger partial charge in [-0.2, -0.15) is 0 Å². The molecule has 0 saturated heterocycles. The smallest absolute Gasteiger partial charge is 0.317 e. The SMILES string of the molecule is CCCCCCCCCCCC(=O)CN(C)CC(=O)O. The number of Topliss-reactive ketones (excluding diaryl/α,β-unsaturated/α-hetero) is 1. The van der Waals surface area contributed by atoms with Crippen molar-refractivity contribution in [1.82, 2.24) is 4.90 Å². The maximum atomic E-state index is 11.6. The van der Waals surface area contributed by atoms with Gasteiger partial charge in [0.25, 0.3) is 0 Å². The fourth-order valence-electron chi connectivity index (χ4n) is 2.30. The van der Waals surface area contributed by atoms with Crippen LogP contribution in [0.3, 0.4) is 0 Å². The summed E-state index contributed by atoms with van der Waals surface area (Å²) >= 11 is 0. The lowest BCUT2D eigenvalue weighted by Gasteiger charge is -2.12. The van der Waals surface area contributed by atoms with Crippen LogP contribution < -0.4 is 0 Å². The molecule has 0 unspecified atom stereocenters. The highest BCUT2D eigenvalue weighted by Gasteiger charge is 2.09. The Bertz CT molecular complexity index is 266. The van der Waals surface area contributed by atoms with Gasteiger partial charge in [-0.3, -0.25) is 14.5 Å². The molecule has 0 rings (SSSR count). The number of rotatable bonds is 14. The standard InChI is InChI=1S/C16H31NO3/c1-3-4-5-6-7-8-9-10-11-12-15(18)13-17(2)14-16(19)20/h3-14H2,1-2H3,(H,19,20). The van der Waals surface area contributed by atoms with Crippen LogP contribution in [0.5, 0.6) is 0 Å². The normalized spacial score (nSPS) is 10.9. The van der Waals surface area contributed by atoms with Crippen LogP contribution in [0.4, 0.5) is 0 Å². The number of nitrogens with zero attached hydrogens (tertiary/aromatic N) is 1. The number of carboxylic acid groups (broad SMARTS) is 1. The molecule has 0 amide bonds. The molecule has 0 aliphatic carbocycles. The Balaban J connectivity index is 3.33. The first-order valence-electron chi connectivity index (χ1n) is 7.98. The van der Waals surface area contributed by atoms with Crippen molar-refractivity contribution >= 4 is 11.8 Å². The van der Waals surface area contributed by atoms with Crippen molar-refractivity contribution in [2.75, 3.05) is 20.1 Å². The van der Waals surface area contributed by atoms with Gasteiger partial charge < -0.3 is 5.11 Å². The molecule has 0 aliphatic heterocycles. The molecule has 4 nitrogen and oxygen atoms in total. The van der Waals surface area contributed by atoms with Crippen molar-refractivity contribution in [3.8, 4) is 0 Å². The quantitative estimate of drug-likeness (QED) is 0.496. The molecule has 0 bridgehead atoms. The first-order valence-corrected chi connectivity index (χ1v) is 7.98. The van der Waals surface area contributed by atoms with E-state index in [1.165, 1.54) is 44.9 Å². The summed E-state index contributed by atoms with van der Waals surface area (Å²) < 4.78 is 0. The number of carbonyl (C=O) groups excluding carboxylic acids is 1. The molecule has 0 saturated carbocycles. The summed E-state index contributed by atoms with van der Waals surface area (Å²) in [5.74, 6) is -0.736. The lowest BCUT2D eigenvalue weighted by molar-refractivity contribution is -0.138. The molecule has 0 atom stereocenters. The Kier molecular flexibility index (Phi) is 12.5. The van der Waals surface area contributed by atoms with Crippen LogP contribution >= 0.6 is 0 Å². The lowest BCUT2D eigenvalue weighted by Crippen LogP contribution is -2.30. The zero-order chi connectivity index (χ0) is 15.2. The molecule has 20 heavy (non-hydrogen) atoms. The van der Waals surface area contributed by atoms with E-state index in [9.17, 15) is 9.59 Å². The average molecular weight is 285 g/mol. The van der Waals surface area contributed by atoms with E-state index in [0.717, 1.165) is 12.8 Å². The number of carbonyl (C=O) groups is 2. The van der Waals surface area contributed by atoms with Crippen LogP contribution in [0.25, 0.3) is 0 Å². The van der Waals surface area contributed by atoms with Crippen molar-refractivity contribution in [2.45, 2.75) is 71.1 Å². The molecule has 0 heterocycles. The van der Waals surface area contributed by atoms with Gasteiger partial charge in [0.2, 0.25) is 0 Å². The van der Waals surface area contributed by atoms with Crippen LogP contribution in [0.1, 0.15) is 71.1 Å². The third-order valence-corrected chi connectivity index (χ3v) is 3.41. The molecule has 0 aromatic rings. The Hall–Kier alpha value is -0.900. The van der Waals surface area contributed by atoms with Crippen LogP contribution in [0.15, 0.2) is 0 Å². The van der Waals surface area contributed by atoms with Gasteiger partial charge in [0, 0.05) is 6.42 Å². The van der Waals surface area contributed by atoms with Gasteiger partial charge in [-0.15, -0.1) is 0 Å². The average Bonchev–Trinajstić information content (AvgIpc) is 2.35. The topological polar surface area (TPSA) is 57.6 Å². The first kappa shape index (κ1) is 19.1. The van der Waals surface area contributed by atoms with Crippen molar-refractivity contribution in [1.29, 1.82) is 0 Å².